The minimum atomic E-state index is -0.282. The molecule has 4 rings (SSSR count). The predicted octanol–water partition coefficient (Wildman–Crippen LogP) is 4.18. The van der Waals surface area contributed by atoms with Gasteiger partial charge in [-0.2, -0.15) is 0 Å². The first-order valence-electron chi connectivity index (χ1n) is 7.60. The van der Waals surface area contributed by atoms with Crippen molar-refractivity contribution in [3.8, 4) is 0 Å². The third-order valence-electron chi connectivity index (χ3n) is 4.69. The van der Waals surface area contributed by atoms with Gasteiger partial charge in [0.2, 0.25) is 5.91 Å². The van der Waals surface area contributed by atoms with E-state index >= 15 is 0 Å². The molecule has 1 amide bonds. The number of likely N-dealkylation sites (N-methyl/N-ethyl adjacent to an activating group) is 1. The van der Waals surface area contributed by atoms with E-state index in [2.05, 4.69) is 0 Å². The molecule has 1 atom stereocenters. The van der Waals surface area contributed by atoms with Crippen LogP contribution in [0.3, 0.4) is 0 Å². The van der Waals surface area contributed by atoms with Crippen molar-refractivity contribution in [2.75, 3.05) is 11.9 Å². The molecule has 0 saturated heterocycles. The molecule has 0 radical (unpaired) electrons. The summed E-state index contributed by atoms with van der Waals surface area (Å²) >= 11 is 0. The highest BCUT2D eigenvalue weighted by atomic mass is 19.1. The van der Waals surface area contributed by atoms with Gasteiger partial charge < -0.3 is 9.32 Å². The van der Waals surface area contributed by atoms with Crippen molar-refractivity contribution >= 4 is 22.6 Å². The molecule has 23 heavy (non-hydrogen) atoms. The zero-order valence-electron chi connectivity index (χ0n) is 13.0. The summed E-state index contributed by atoms with van der Waals surface area (Å²) in [7, 11) is 1.79. The molecule has 1 aliphatic heterocycles. The fraction of sp³-hybridized carbons (Fsp3) is 0.211. The van der Waals surface area contributed by atoms with Crippen LogP contribution in [0.5, 0.6) is 0 Å². The zero-order chi connectivity index (χ0) is 16.1. The molecule has 0 N–H and O–H groups in total. The number of rotatable bonds is 2. The van der Waals surface area contributed by atoms with E-state index in [-0.39, 0.29) is 17.6 Å². The molecule has 4 heteroatoms. The third kappa shape index (κ3) is 2.05. The molecule has 1 aliphatic rings. The van der Waals surface area contributed by atoms with Crippen molar-refractivity contribution in [3.63, 3.8) is 0 Å². The number of benzene rings is 2. The zero-order valence-corrected chi connectivity index (χ0v) is 13.0. The Morgan fingerprint density at radius 2 is 2.00 bits per heavy atom. The second kappa shape index (κ2) is 4.95. The van der Waals surface area contributed by atoms with E-state index in [1.165, 1.54) is 12.1 Å². The maximum Gasteiger partial charge on any atom is 0.234 e. The number of furan rings is 1. The van der Waals surface area contributed by atoms with E-state index in [9.17, 15) is 9.18 Å². The molecule has 3 nitrogen and oxygen atoms in total. The molecule has 2 aromatic carbocycles. The summed E-state index contributed by atoms with van der Waals surface area (Å²) in [5.74, 6) is 0.279. The van der Waals surface area contributed by atoms with Crippen molar-refractivity contribution < 1.29 is 13.6 Å². The molecule has 3 aromatic rings. The van der Waals surface area contributed by atoms with Gasteiger partial charge in [-0.05, 0) is 42.3 Å². The Morgan fingerprint density at radius 3 is 2.83 bits per heavy atom. The van der Waals surface area contributed by atoms with Crippen LogP contribution in [-0.2, 0) is 11.2 Å². The standard InChI is InChI=1S/C19H16FNO2/c1-11-14-9-12(20)7-8-17(14)23-18(11)10-15-13-5-3-4-6-16(13)21(2)19(15)22/h3-9,15H,10H2,1-2H3/t15-/m1/s1. The Hall–Kier alpha value is -2.62. The summed E-state index contributed by atoms with van der Waals surface area (Å²) in [6.07, 6.45) is 0.488. The maximum atomic E-state index is 13.4. The van der Waals surface area contributed by atoms with Crippen molar-refractivity contribution in [1.29, 1.82) is 0 Å². The molecule has 116 valence electrons. The molecular weight excluding hydrogens is 293 g/mol. The SMILES string of the molecule is Cc1c(C[C@H]2C(=O)N(C)c3ccccc32)oc2ccc(F)cc12. The smallest absolute Gasteiger partial charge is 0.234 e. The first-order valence-corrected chi connectivity index (χ1v) is 7.60. The molecule has 1 aromatic heterocycles. The summed E-state index contributed by atoms with van der Waals surface area (Å²) in [5.41, 5.74) is 3.53. The van der Waals surface area contributed by atoms with Crippen LogP contribution >= 0.6 is 0 Å². The van der Waals surface area contributed by atoms with Gasteiger partial charge in [0.05, 0.1) is 5.92 Å². The van der Waals surface area contributed by atoms with Gasteiger partial charge in [-0.15, -0.1) is 0 Å². The third-order valence-corrected chi connectivity index (χ3v) is 4.69. The highest BCUT2D eigenvalue weighted by molar-refractivity contribution is 6.04. The monoisotopic (exact) mass is 309 g/mol. The van der Waals surface area contributed by atoms with Crippen molar-refractivity contribution in [2.45, 2.75) is 19.3 Å². The lowest BCUT2D eigenvalue weighted by Crippen LogP contribution is -2.24. The number of hydrogen-bond acceptors (Lipinski definition) is 2. The second-order valence-electron chi connectivity index (χ2n) is 6.00. The predicted molar refractivity (Wildman–Crippen MR) is 87.2 cm³/mol. The Labute approximate surface area is 133 Å². The van der Waals surface area contributed by atoms with E-state index in [0.717, 1.165) is 28.0 Å². The lowest BCUT2D eigenvalue weighted by Gasteiger charge is -2.10. The van der Waals surface area contributed by atoms with Gasteiger partial charge in [0.25, 0.3) is 0 Å². The Morgan fingerprint density at radius 1 is 1.22 bits per heavy atom. The van der Waals surface area contributed by atoms with E-state index in [1.807, 2.05) is 31.2 Å². The van der Waals surface area contributed by atoms with Gasteiger partial charge in [-0.1, -0.05) is 18.2 Å². The molecule has 2 heterocycles. The molecule has 0 fully saturated rings. The molecule has 0 unspecified atom stereocenters. The van der Waals surface area contributed by atoms with Gasteiger partial charge >= 0.3 is 0 Å². The highest BCUT2D eigenvalue weighted by Crippen LogP contribution is 2.39. The topological polar surface area (TPSA) is 33.5 Å². The fourth-order valence-corrected chi connectivity index (χ4v) is 3.39. The van der Waals surface area contributed by atoms with Crippen molar-refractivity contribution in [3.05, 3.63) is 65.2 Å². The molecule has 0 spiro atoms. The van der Waals surface area contributed by atoms with Gasteiger partial charge in [0, 0.05) is 24.5 Å². The van der Waals surface area contributed by atoms with Crippen molar-refractivity contribution in [1.82, 2.24) is 0 Å². The number of carbonyl (C=O) groups is 1. The number of halogens is 1. The number of aryl methyl sites for hydroxylation is 1. The lowest BCUT2D eigenvalue weighted by atomic mass is 9.94. The van der Waals surface area contributed by atoms with Crippen LogP contribution in [0.1, 0.15) is 22.8 Å². The number of hydrogen-bond donors (Lipinski definition) is 0. The molecular formula is C19H16FNO2. The average Bonchev–Trinajstić information content (AvgIpc) is 2.99. The first kappa shape index (κ1) is 14.0. The van der Waals surface area contributed by atoms with Crippen LogP contribution in [0.4, 0.5) is 10.1 Å². The number of fused-ring (bicyclic) bond motifs is 2. The largest absolute Gasteiger partial charge is 0.461 e. The van der Waals surface area contributed by atoms with Crippen LogP contribution in [0, 0.1) is 12.7 Å². The summed E-state index contributed by atoms with van der Waals surface area (Å²) in [6, 6.07) is 12.3. The maximum absolute atomic E-state index is 13.4. The van der Waals surface area contributed by atoms with Crippen molar-refractivity contribution in [2.24, 2.45) is 0 Å². The average molecular weight is 309 g/mol. The van der Waals surface area contributed by atoms with Gasteiger partial charge in [-0.3, -0.25) is 4.79 Å². The summed E-state index contributed by atoms with van der Waals surface area (Å²) in [6.45, 7) is 1.91. The number of amides is 1. The fourth-order valence-electron chi connectivity index (χ4n) is 3.39. The minimum absolute atomic E-state index is 0.0669. The normalized spacial score (nSPS) is 17.1. The number of anilines is 1. The number of carbonyl (C=O) groups excluding carboxylic acids is 1. The number of para-hydroxylation sites is 1. The van der Waals surface area contributed by atoms with Crippen LogP contribution in [0.25, 0.3) is 11.0 Å². The summed E-state index contributed by atoms with van der Waals surface area (Å²) < 4.78 is 19.3. The van der Waals surface area contributed by atoms with E-state index in [4.69, 9.17) is 4.42 Å². The van der Waals surface area contributed by atoms with Gasteiger partial charge in [0.15, 0.2) is 0 Å². The summed E-state index contributed by atoms with van der Waals surface area (Å²) in [4.78, 5) is 14.3. The molecule has 0 saturated carbocycles. The van der Waals surface area contributed by atoms with E-state index in [0.29, 0.717) is 12.0 Å². The molecule has 0 bridgehead atoms. The van der Waals surface area contributed by atoms with Crippen LogP contribution in [-0.4, -0.2) is 13.0 Å². The highest BCUT2D eigenvalue weighted by Gasteiger charge is 2.35. The van der Waals surface area contributed by atoms with Crippen LogP contribution in [0.2, 0.25) is 0 Å². The quantitative estimate of drug-likeness (QED) is 0.711. The Kier molecular flexibility index (Phi) is 3.01. The van der Waals surface area contributed by atoms with Crippen LogP contribution in [0.15, 0.2) is 46.9 Å². The van der Waals surface area contributed by atoms with E-state index in [1.54, 1.807) is 18.0 Å². The van der Waals surface area contributed by atoms with Crippen LogP contribution < -0.4 is 4.90 Å². The second-order valence-corrected chi connectivity index (χ2v) is 6.00. The Bertz CT molecular complexity index is 928. The van der Waals surface area contributed by atoms with Gasteiger partial charge in [0.1, 0.15) is 17.2 Å². The van der Waals surface area contributed by atoms with Gasteiger partial charge in [-0.25, -0.2) is 4.39 Å². The Balaban J connectivity index is 1.77. The first-order chi connectivity index (χ1) is 11.1. The van der Waals surface area contributed by atoms with E-state index < -0.39 is 0 Å². The minimum Gasteiger partial charge on any atom is -0.461 e. The molecule has 0 aliphatic carbocycles. The summed E-state index contributed by atoms with van der Waals surface area (Å²) in [5, 5.41) is 0.770. The lowest BCUT2D eigenvalue weighted by molar-refractivity contribution is -0.119. The number of nitrogens with zero attached hydrogens (tertiary/aromatic N) is 1.